The smallest absolute Gasteiger partial charge is 0.249 e. The van der Waals surface area contributed by atoms with Gasteiger partial charge in [-0.25, -0.2) is 0 Å². The molecule has 0 unspecified atom stereocenters. The number of likely N-dealkylation sites (tertiary alicyclic amines) is 2. The fraction of sp³-hybridized carbons (Fsp3) is 0.679. The lowest BCUT2D eigenvalue weighted by Crippen LogP contribution is -2.78. The zero-order valence-corrected chi connectivity index (χ0v) is 20.1. The van der Waals surface area contributed by atoms with Crippen LogP contribution in [0.2, 0.25) is 0 Å². The number of hydrogen-bond donors (Lipinski definition) is 2. The van der Waals surface area contributed by atoms with Crippen LogP contribution in [0.15, 0.2) is 23.8 Å². The fourth-order valence-electron chi connectivity index (χ4n) is 8.23. The Bertz CT molecular complexity index is 1080. The van der Waals surface area contributed by atoms with Crippen LogP contribution in [0.3, 0.4) is 0 Å². The number of benzene rings is 1. The minimum Gasteiger partial charge on any atom is -0.504 e. The number of nitrogens with zero attached hydrogens (tertiary/aromatic N) is 2. The second kappa shape index (κ2) is 7.23. The topological polar surface area (TPSA) is 73.2 Å². The van der Waals surface area contributed by atoms with E-state index in [0.717, 1.165) is 75.2 Å². The third-order valence-corrected chi connectivity index (χ3v) is 9.97. The maximum atomic E-state index is 13.4. The molecule has 0 aromatic heterocycles. The Morgan fingerprint density at radius 3 is 2.85 bits per heavy atom. The normalized spacial score (nSPS) is 39.5. The predicted molar refractivity (Wildman–Crippen MR) is 128 cm³/mol. The maximum absolute atomic E-state index is 13.4. The van der Waals surface area contributed by atoms with Crippen LogP contribution in [0.4, 0.5) is 0 Å². The number of carbonyl (C=O) groups excluding carboxylic acids is 1. The number of amides is 1. The zero-order chi connectivity index (χ0) is 23.2. The standard InChI is InChI=1S/C28H36N2O4/c1-2-3-4-18-10-13-30(26(18)32)20-9-11-28(33)22-15-19-7-8-21(31)24-23(19)27(28,25(20)34-24)12-14-29(22)16-17-5-6-17/h4,7-8,17,20,22,25,31,33H,2-3,5-6,9-16H2,1H3/b18-4+/t20-,22-,25+,27+,28-/m1/s1. The van der Waals surface area contributed by atoms with Crippen molar-refractivity contribution < 1.29 is 19.7 Å². The van der Waals surface area contributed by atoms with E-state index < -0.39 is 11.0 Å². The number of aromatic hydroxyl groups is 1. The van der Waals surface area contributed by atoms with Crippen LogP contribution in [0, 0.1) is 5.92 Å². The average molecular weight is 465 g/mol. The number of piperidine rings is 1. The van der Waals surface area contributed by atoms with Gasteiger partial charge in [0.25, 0.3) is 0 Å². The minimum absolute atomic E-state index is 0.0752. The van der Waals surface area contributed by atoms with E-state index >= 15 is 0 Å². The first-order chi connectivity index (χ1) is 16.5. The first-order valence-electron chi connectivity index (χ1n) is 13.5. The van der Waals surface area contributed by atoms with Crippen LogP contribution in [0.1, 0.15) is 69.4 Å². The SMILES string of the molecule is CCC/C=C1\CCN([C@@H]2CC[C@@]3(O)[C@H]4Cc5ccc(O)c6c5[C@@]3(CCN4CC3CC3)[C@H]2O6)C1=O. The molecule has 4 fully saturated rings. The molecule has 3 heterocycles. The molecule has 3 aliphatic heterocycles. The molecule has 2 bridgehead atoms. The highest BCUT2D eigenvalue weighted by Crippen LogP contribution is 2.66. The number of rotatable bonds is 5. The summed E-state index contributed by atoms with van der Waals surface area (Å²) < 4.78 is 6.65. The Labute approximate surface area is 201 Å². The summed E-state index contributed by atoms with van der Waals surface area (Å²) in [6.07, 6.45) is 10.2. The summed E-state index contributed by atoms with van der Waals surface area (Å²) in [6.45, 7) is 4.88. The Morgan fingerprint density at radius 2 is 2.06 bits per heavy atom. The molecular formula is C28H36N2O4. The highest BCUT2D eigenvalue weighted by molar-refractivity contribution is 5.96. The highest BCUT2D eigenvalue weighted by Gasteiger charge is 2.73. The summed E-state index contributed by atoms with van der Waals surface area (Å²) in [6, 6.07) is 3.81. The number of allylic oxidation sites excluding steroid dienone is 1. The molecule has 3 aliphatic carbocycles. The van der Waals surface area contributed by atoms with E-state index in [4.69, 9.17) is 4.74 Å². The molecule has 1 aromatic carbocycles. The van der Waals surface area contributed by atoms with Gasteiger partial charge in [-0.2, -0.15) is 0 Å². The second-order valence-electron chi connectivity index (χ2n) is 11.7. The van der Waals surface area contributed by atoms with Gasteiger partial charge in [0.15, 0.2) is 11.5 Å². The van der Waals surface area contributed by atoms with Gasteiger partial charge in [0.2, 0.25) is 5.91 Å². The van der Waals surface area contributed by atoms with Gasteiger partial charge >= 0.3 is 0 Å². The summed E-state index contributed by atoms with van der Waals surface area (Å²) in [7, 11) is 0. The minimum atomic E-state index is -0.892. The van der Waals surface area contributed by atoms with E-state index in [9.17, 15) is 15.0 Å². The van der Waals surface area contributed by atoms with Gasteiger partial charge in [-0.3, -0.25) is 9.69 Å². The van der Waals surface area contributed by atoms with Crippen molar-refractivity contribution in [1.29, 1.82) is 0 Å². The van der Waals surface area contributed by atoms with Gasteiger partial charge in [-0.15, -0.1) is 0 Å². The average Bonchev–Trinajstić information content (AvgIpc) is 3.46. The molecule has 1 aromatic rings. The first kappa shape index (κ1) is 21.3. The molecule has 2 saturated carbocycles. The Morgan fingerprint density at radius 1 is 1.21 bits per heavy atom. The molecular weight excluding hydrogens is 428 g/mol. The van der Waals surface area contributed by atoms with Crippen molar-refractivity contribution in [3.05, 3.63) is 34.9 Å². The number of aliphatic hydroxyl groups is 1. The Kier molecular flexibility index (Phi) is 4.52. The molecule has 2 saturated heterocycles. The van der Waals surface area contributed by atoms with Gasteiger partial charge in [-0.05, 0) is 75.5 Å². The van der Waals surface area contributed by atoms with Crippen molar-refractivity contribution in [3.63, 3.8) is 0 Å². The van der Waals surface area contributed by atoms with E-state index in [1.165, 1.54) is 18.4 Å². The molecule has 7 rings (SSSR count). The number of unbranched alkanes of at least 4 members (excludes halogenated alkanes) is 1. The molecule has 1 amide bonds. The van der Waals surface area contributed by atoms with E-state index in [-0.39, 0.29) is 29.8 Å². The van der Waals surface area contributed by atoms with Crippen LogP contribution in [-0.4, -0.2) is 69.3 Å². The van der Waals surface area contributed by atoms with Gasteiger partial charge in [0.1, 0.15) is 6.10 Å². The molecule has 1 spiro atoms. The molecule has 6 nitrogen and oxygen atoms in total. The number of phenolic OH excluding ortho intramolecular Hbond substituents is 1. The number of phenols is 1. The maximum Gasteiger partial charge on any atom is 0.249 e. The predicted octanol–water partition coefficient (Wildman–Crippen LogP) is 3.28. The first-order valence-corrected chi connectivity index (χ1v) is 13.5. The van der Waals surface area contributed by atoms with Crippen LogP contribution in [0.5, 0.6) is 11.5 Å². The van der Waals surface area contributed by atoms with Crippen molar-refractivity contribution >= 4 is 5.91 Å². The fourth-order valence-corrected chi connectivity index (χ4v) is 8.23. The van der Waals surface area contributed by atoms with Gasteiger partial charge in [0, 0.05) is 30.3 Å². The summed E-state index contributed by atoms with van der Waals surface area (Å²) in [5.41, 5.74) is 1.73. The van der Waals surface area contributed by atoms with Crippen LogP contribution in [0.25, 0.3) is 0 Å². The molecule has 2 N–H and O–H groups in total. The lowest BCUT2D eigenvalue weighted by Gasteiger charge is -2.64. The summed E-state index contributed by atoms with van der Waals surface area (Å²) in [5, 5.41) is 23.4. The van der Waals surface area contributed by atoms with Gasteiger partial charge < -0.3 is 19.8 Å². The van der Waals surface area contributed by atoms with Crippen molar-refractivity contribution in [3.8, 4) is 11.5 Å². The van der Waals surface area contributed by atoms with Gasteiger partial charge in [-0.1, -0.05) is 25.5 Å². The largest absolute Gasteiger partial charge is 0.504 e. The second-order valence-corrected chi connectivity index (χ2v) is 11.7. The Hall–Kier alpha value is -2.05. The van der Waals surface area contributed by atoms with E-state index in [2.05, 4.69) is 17.9 Å². The number of hydrogen-bond acceptors (Lipinski definition) is 5. The van der Waals surface area contributed by atoms with E-state index in [1.807, 2.05) is 11.0 Å². The van der Waals surface area contributed by atoms with Crippen molar-refractivity contribution in [1.82, 2.24) is 9.80 Å². The van der Waals surface area contributed by atoms with E-state index in [1.54, 1.807) is 6.07 Å². The number of carbonyl (C=O) groups is 1. The third kappa shape index (κ3) is 2.62. The molecule has 0 radical (unpaired) electrons. The third-order valence-electron chi connectivity index (χ3n) is 9.97. The highest BCUT2D eigenvalue weighted by atomic mass is 16.5. The molecule has 182 valence electrons. The van der Waals surface area contributed by atoms with Crippen LogP contribution in [-0.2, 0) is 16.6 Å². The molecule has 34 heavy (non-hydrogen) atoms. The van der Waals surface area contributed by atoms with Crippen molar-refractivity contribution in [2.75, 3.05) is 19.6 Å². The van der Waals surface area contributed by atoms with Crippen molar-refractivity contribution in [2.45, 2.75) is 93.9 Å². The van der Waals surface area contributed by atoms with Crippen LogP contribution >= 0.6 is 0 Å². The lowest BCUT2D eigenvalue weighted by molar-refractivity contribution is -0.200. The van der Waals surface area contributed by atoms with Crippen molar-refractivity contribution in [2.24, 2.45) is 5.92 Å². The molecule has 6 aliphatic rings. The van der Waals surface area contributed by atoms with Crippen LogP contribution < -0.4 is 4.74 Å². The summed E-state index contributed by atoms with van der Waals surface area (Å²) in [4.78, 5) is 18.0. The number of ether oxygens (including phenoxy) is 1. The van der Waals surface area contributed by atoms with Gasteiger partial charge in [0.05, 0.1) is 17.1 Å². The summed E-state index contributed by atoms with van der Waals surface area (Å²) in [5.74, 6) is 1.65. The molecule has 6 heteroatoms. The lowest BCUT2D eigenvalue weighted by atomic mass is 9.48. The molecule has 5 atom stereocenters. The summed E-state index contributed by atoms with van der Waals surface area (Å²) >= 11 is 0. The zero-order valence-electron chi connectivity index (χ0n) is 20.1. The monoisotopic (exact) mass is 464 g/mol. The quantitative estimate of drug-likeness (QED) is 0.655. The van der Waals surface area contributed by atoms with E-state index in [0.29, 0.717) is 12.2 Å². The Balaban J connectivity index is 1.31.